The highest BCUT2D eigenvalue weighted by Crippen LogP contribution is 2.35. The van der Waals surface area contributed by atoms with Gasteiger partial charge in [0.25, 0.3) is 0 Å². The number of ether oxygens (including phenoxy) is 1. The van der Waals surface area contributed by atoms with E-state index in [1.807, 2.05) is 4.90 Å². The summed E-state index contributed by atoms with van der Waals surface area (Å²) in [6.45, 7) is 6.52. The number of carbonyl (C=O) groups excluding carboxylic acids is 1. The van der Waals surface area contributed by atoms with E-state index in [-0.39, 0.29) is 17.6 Å². The third-order valence-corrected chi connectivity index (χ3v) is 4.43. The normalized spacial score (nSPS) is 26.9. The second-order valence-corrected chi connectivity index (χ2v) is 6.49. The first kappa shape index (κ1) is 14.8. The molecule has 19 heavy (non-hydrogen) atoms. The van der Waals surface area contributed by atoms with E-state index in [0.29, 0.717) is 18.9 Å². The lowest BCUT2D eigenvalue weighted by molar-refractivity contribution is -0.154. The highest BCUT2D eigenvalue weighted by Gasteiger charge is 2.40. The van der Waals surface area contributed by atoms with Gasteiger partial charge in [-0.3, -0.25) is 4.79 Å². The molecule has 0 aromatic heterocycles. The first-order valence-corrected chi connectivity index (χ1v) is 7.60. The van der Waals surface area contributed by atoms with E-state index >= 15 is 0 Å². The Balaban J connectivity index is 1.80. The van der Waals surface area contributed by atoms with Crippen LogP contribution in [-0.4, -0.2) is 47.3 Å². The maximum absolute atomic E-state index is 12.1. The van der Waals surface area contributed by atoms with Crippen molar-refractivity contribution in [1.29, 1.82) is 0 Å². The summed E-state index contributed by atoms with van der Waals surface area (Å²) in [5, 5.41) is 9.79. The summed E-state index contributed by atoms with van der Waals surface area (Å²) < 4.78 is 5.91. The monoisotopic (exact) mass is 269 g/mol. The lowest BCUT2D eigenvalue weighted by Gasteiger charge is -2.45. The quantitative estimate of drug-likeness (QED) is 0.852. The molecule has 0 aliphatic carbocycles. The molecule has 4 nitrogen and oxygen atoms in total. The molecule has 0 aromatic rings. The zero-order valence-corrected chi connectivity index (χ0v) is 12.2. The summed E-state index contributed by atoms with van der Waals surface area (Å²) in [4.78, 5) is 14.0. The zero-order chi connectivity index (χ0) is 13.9. The van der Waals surface area contributed by atoms with Crippen molar-refractivity contribution in [2.75, 3.05) is 19.7 Å². The van der Waals surface area contributed by atoms with E-state index < -0.39 is 0 Å². The molecule has 0 radical (unpaired) electrons. The van der Waals surface area contributed by atoms with Gasteiger partial charge < -0.3 is 14.7 Å². The van der Waals surface area contributed by atoms with Crippen LogP contribution in [0.1, 0.15) is 52.4 Å². The van der Waals surface area contributed by atoms with Crippen molar-refractivity contribution in [3.05, 3.63) is 0 Å². The molecule has 2 heterocycles. The van der Waals surface area contributed by atoms with Gasteiger partial charge in [0.15, 0.2) is 0 Å². The van der Waals surface area contributed by atoms with Crippen LogP contribution in [-0.2, 0) is 9.53 Å². The van der Waals surface area contributed by atoms with Gasteiger partial charge in [-0.15, -0.1) is 0 Å². The predicted molar refractivity (Wildman–Crippen MR) is 73.8 cm³/mol. The minimum atomic E-state index is -0.225. The summed E-state index contributed by atoms with van der Waals surface area (Å²) in [5.41, 5.74) is -0.160. The smallest absolute Gasteiger partial charge is 0.222 e. The van der Waals surface area contributed by atoms with Crippen LogP contribution in [0.3, 0.4) is 0 Å². The average molecular weight is 269 g/mol. The lowest BCUT2D eigenvalue weighted by Crippen LogP contribution is -2.51. The van der Waals surface area contributed by atoms with Crippen LogP contribution < -0.4 is 0 Å². The third kappa shape index (κ3) is 3.93. The minimum Gasteiger partial charge on any atom is -0.393 e. The van der Waals surface area contributed by atoms with Crippen molar-refractivity contribution >= 4 is 5.91 Å². The molecule has 0 bridgehead atoms. The number of piperidine rings is 1. The summed E-state index contributed by atoms with van der Waals surface area (Å²) in [5.74, 6) is 0.858. The fraction of sp³-hybridized carbons (Fsp3) is 0.933. The minimum absolute atomic E-state index is 0.160. The molecule has 0 saturated carbocycles. The number of aliphatic hydroxyl groups excluding tert-OH is 1. The molecular formula is C15H27NO3. The molecule has 1 unspecified atom stereocenters. The summed E-state index contributed by atoms with van der Waals surface area (Å²) >= 11 is 0. The first-order valence-electron chi connectivity index (χ1n) is 7.60. The number of nitrogens with zero attached hydrogens (tertiary/aromatic N) is 1. The highest BCUT2D eigenvalue weighted by molar-refractivity contribution is 5.76. The largest absolute Gasteiger partial charge is 0.393 e. The van der Waals surface area contributed by atoms with E-state index in [0.717, 1.165) is 45.2 Å². The van der Waals surface area contributed by atoms with Crippen LogP contribution in [0.15, 0.2) is 0 Å². The maximum Gasteiger partial charge on any atom is 0.222 e. The van der Waals surface area contributed by atoms with Crippen LogP contribution in [0, 0.1) is 5.92 Å². The molecule has 2 aliphatic heterocycles. The standard InChI is InChI=1S/C15H27NO3/c1-12(2)3-4-14(18)16-8-6-15(7-9-16)11-13(17)5-10-19-15/h12-13,17H,3-11H2,1-2H3. The van der Waals surface area contributed by atoms with Crippen molar-refractivity contribution in [3.8, 4) is 0 Å². The Morgan fingerprint density at radius 2 is 2.11 bits per heavy atom. The molecule has 2 fully saturated rings. The molecule has 2 rings (SSSR count). The molecule has 110 valence electrons. The third-order valence-electron chi connectivity index (χ3n) is 4.43. The van der Waals surface area contributed by atoms with Gasteiger partial charge in [-0.2, -0.15) is 0 Å². The van der Waals surface area contributed by atoms with Crippen LogP contribution in [0.2, 0.25) is 0 Å². The van der Waals surface area contributed by atoms with E-state index in [9.17, 15) is 9.90 Å². The Bertz CT molecular complexity index is 309. The van der Waals surface area contributed by atoms with Crippen molar-refractivity contribution in [1.82, 2.24) is 4.90 Å². The van der Waals surface area contributed by atoms with E-state index in [1.165, 1.54) is 0 Å². The second kappa shape index (κ2) is 6.23. The van der Waals surface area contributed by atoms with Gasteiger partial charge in [0.1, 0.15) is 0 Å². The van der Waals surface area contributed by atoms with Crippen molar-refractivity contribution < 1.29 is 14.6 Å². The number of hydrogen-bond donors (Lipinski definition) is 1. The molecule has 2 aliphatic rings. The zero-order valence-electron chi connectivity index (χ0n) is 12.2. The fourth-order valence-corrected chi connectivity index (χ4v) is 3.08. The number of hydrogen-bond acceptors (Lipinski definition) is 3. The van der Waals surface area contributed by atoms with Crippen LogP contribution in [0.4, 0.5) is 0 Å². The van der Waals surface area contributed by atoms with E-state index in [2.05, 4.69) is 13.8 Å². The molecule has 1 N–H and O–H groups in total. The Kier molecular flexibility index (Phi) is 4.85. The Labute approximate surface area is 116 Å². The summed E-state index contributed by atoms with van der Waals surface area (Å²) in [7, 11) is 0. The lowest BCUT2D eigenvalue weighted by atomic mass is 9.83. The first-order chi connectivity index (χ1) is 9.01. The topological polar surface area (TPSA) is 49.8 Å². The predicted octanol–water partition coefficient (Wildman–Crippen LogP) is 1.96. The van der Waals surface area contributed by atoms with E-state index in [4.69, 9.17) is 4.74 Å². The van der Waals surface area contributed by atoms with Crippen LogP contribution in [0.5, 0.6) is 0 Å². The highest BCUT2D eigenvalue weighted by atomic mass is 16.5. The number of amides is 1. The van der Waals surface area contributed by atoms with Gasteiger partial charge >= 0.3 is 0 Å². The Hall–Kier alpha value is -0.610. The molecular weight excluding hydrogens is 242 g/mol. The number of rotatable bonds is 3. The molecule has 0 aromatic carbocycles. The molecule has 2 saturated heterocycles. The SMILES string of the molecule is CC(C)CCC(=O)N1CCC2(CC1)CC(O)CCO2. The van der Waals surface area contributed by atoms with Gasteiger partial charge in [-0.25, -0.2) is 0 Å². The van der Waals surface area contributed by atoms with Gasteiger partial charge in [-0.05, 0) is 31.6 Å². The summed E-state index contributed by atoms with van der Waals surface area (Å²) in [6, 6.07) is 0. The van der Waals surface area contributed by atoms with Crippen LogP contribution in [0.25, 0.3) is 0 Å². The number of carbonyl (C=O) groups is 1. The van der Waals surface area contributed by atoms with Gasteiger partial charge in [0.05, 0.1) is 11.7 Å². The second-order valence-electron chi connectivity index (χ2n) is 6.49. The number of aliphatic hydroxyl groups is 1. The van der Waals surface area contributed by atoms with Gasteiger partial charge in [-0.1, -0.05) is 13.8 Å². The van der Waals surface area contributed by atoms with Crippen molar-refractivity contribution in [2.24, 2.45) is 5.92 Å². The van der Waals surface area contributed by atoms with Crippen molar-refractivity contribution in [2.45, 2.75) is 64.1 Å². The van der Waals surface area contributed by atoms with Gasteiger partial charge in [0.2, 0.25) is 5.91 Å². The molecule has 4 heteroatoms. The molecule has 1 amide bonds. The van der Waals surface area contributed by atoms with Crippen molar-refractivity contribution in [3.63, 3.8) is 0 Å². The summed E-state index contributed by atoms with van der Waals surface area (Å²) in [6.07, 6.45) is 4.63. The Morgan fingerprint density at radius 1 is 1.42 bits per heavy atom. The molecule has 1 spiro atoms. The van der Waals surface area contributed by atoms with E-state index in [1.54, 1.807) is 0 Å². The number of likely N-dealkylation sites (tertiary alicyclic amines) is 1. The maximum atomic E-state index is 12.1. The van der Waals surface area contributed by atoms with Gasteiger partial charge in [0, 0.05) is 32.5 Å². The average Bonchev–Trinajstić information content (AvgIpc) is 2.36. The Morgan fingerprint density at radius 3 is 2.68 bits per heavy atom. The van der Waals surface area contributed by atoms with Crippen LogP contribution >= 0.6 is 0 Å². The molecule has 1 atom stereocenters. The fourth-order valence-electron chi connectivity index (χ4n) is 3.08.